The Morgan fingerprint density at radius 3 is 2.60 bits per heavy atom. The van der Waals surface area contributed by atoms with Crippen molar-refractivity contribution in [2.75, 3.05) is 0 Å². The van der Waals surface area contributed by atoms with Gasteiger partial charge in [-0.3, -0.25) is 4.79 Å². The number of hydrogen-bond donors (Lipinski definition) is 0. The topological polar surface area (TPSA) is 17.1 Å². The normalized spacial score (nSPS) is 35.9. The van der Waals surface area contributed by atoms with Gasteiger partial charge in [0.25, 0.3) is 0 Å². The monoisotopic (exact) mass is 208 g/mol. The Morgan fingerprint density at radius 1 is 1.07 bits per heavy atom. The zero-order valence-electron chi connectivity index (χ0n) is 10.0. The number of ketones is 1. The molecule has 3 unspecified atom stereocenters. The van der Waals surface area contributed by atoms with E-state index in [4.69, 9.17) is 0 Å². The summed E-state index contributed by atoms with van der Waals surface area (Å²) >= 11 is 0. The van der Waals surface area contributed by atoms with Gasteiger partial charge in [-0.05, 0) is 31.1 Å². The number of carbonyl (C=O) groups excluding carboxylic acids is 1. The molecule has 0 aliphatic heterocycles. The summed E-state index contributed by atoms with van der Waals surface area (Å²) in [5.41, 5.74) is 0. The van der Waals surface area contributed by atoms with Crippen LogP contribution >= 0.6 is 0 Å². The van der Waals surface area contributed by atoms with E-state index in [2.05, 4.69) is 6.92 Å². The minimum absolute atomic E-state index is 0.448. The van der Waals surface area contributed by atoms with Crippen LogP contribution in [0.5, 0.6) is 0 Å². The summed E-state index contributed by atoms with van der Waals surface area (Å²) in [4.78, 5) is 12.1. The van der Waals surface area contributed by atoms with Crippen LogP contribution in [-0.4, -0.2) is 5.78 Å². The maximum atomic E-state index is 12.1. The molecule has 0 saturated heterocycles. The van der Waals surface area contributed by atoms with Crippen molar-refractivity contribution in [3.8, 4) is 0 Å². The van der Waals surface area contributed by atoms with E-state index >= 15 is 0 Å². The van der Waals surface area contributed by atoms with Gasteiger partial charge in [0, 0.05) is 12.3 Å². The Balaban J connectivity index is 2.00. The molecule has 3 atom stereocenters. The summed E-state index contributed by atoms with van der Waals surface area (Å²) in [7, 11) is 0. The number of Topliss-reactive ketones (excluding diaryl/α,β-unsaturated/α-hetero) is 1. The highest BCUT2D eigenvalue weighted by Crippen LogP contribution is 2.44. The SMILES string of the molecule is CCCC(=O)C1CCCC2CCCCC21. The van der Waals surface area contributed by atoms with Gasteiger partial charge in [0.05, 0.1) is 0 Å². The minimum atomic E-state index is 0.448. The predicted octanol–water partition coefficient (Wildman–Crippen LogP) is 3.96. The molecule has 15 heavy (non-hydrogen) atoms. The molecule has 0 N–H and O–H groups in total. The lowest BCUT2D eigenvalue weighted by Gasteiger charge is -2.40. The fourth-order valence-corrected chi connectivity index (χ4v) is 3.77. The highest BCUT2D eigenvalue weighted by Gasteiger charge is 2.37. The molecule has 2 rings (SSSR count). The molecule has 0 heterocycles. The number of hydrogen-bond acceptors (Lipinski definition) is 1. The second kappa shape index (κ2) is 5.14. The molecule has 1 nitrogen and oxygen atoms in total. The van der Waals surface area contributed by atoms with Crippen LogP contribution in [0, 0.1) is 17.8 Å². The lowest BCUT2D eigenvalue weighted by atomic mass is 9.64. The van der Waals surface area contributed by atoms with Crippen molar-refractivity contribution >= 4 is 5.78 Å². The molecular weight excluding hydrogens is 184 g/mol. The van der Waals surface area contributed by atoms with E-state index in [1.165, 1.54) is 44.9 Å². The van der Waals surface area contributed by atoms with E-state index in [0.717, 1.165) is 24.7 Å². The predicted molar refractivity (Wildman–Crippen MR) is 62.7 cm³/mol. The Hall–Kier alpha value is -0.330. The molecule has 1 heteroatoms. The van der Waals surface area contributed by atoms with Crippen molar-refractivity contribution in [2.24, 2.45) is 17.8 Å². The van der Waals surface area contributed by atoms with Gasteiger partial charge in [-0.1, -0.05) is 39.0 Å². The van der Waals surface area contributed by atoms with Crippen molar-refractivity contribution in [3.63, 3.8) is 0 Å². The molecule has 0 aromatic carbocycles. The fourth-order valence-electron chi connectivity index (χ4n) is 3.77. The summed E-state index contributed by atoms with van der Waals surface area (Å²) in [5.74, 6) is 2.70. The summed E-state index contributed by atoms with van der Waals surface area (Å²) in [6, 6.07) is 0. The van der Waals surface area contributed by atoms with Crippen LogP contribution in [0.2, 0.25) is 0 Å². The first kappa shape index (κ1) is 11.2. The second-order valence-corrected chi connectivity index (χ2v) is 5.46. The zero-order valence-corrected chi connectivity index (χ0v) is 10.0. The van der Waals surface area contributed by atoms with Crippen LogP contribution in [0.15, 0.2) is 0 Å². The quantitative estimate of drug-likeness (QED) is 0.686. The van der Waals surface area contributed by atoms with E-state index < -0.39 is 0 Å². The molecule has 86 valence electrons. The van der Waals surface area contributed by atoms with Crippen LogP contribution in [-0.2, 0) is 4.79 Å². The van der Waals surface area contributed by atoms with Gasteiger partial charge in [0.2, 0.25) is 0 Å². The molecule has 0 aromatic rings. The average Bonchev–Trinajstić information content (AvgIpc) is 2.28. The van der Waals surface area contributed by atoms with Gasteiger partial charge >= 0.3 is 0 Å². The van der Waals surface area contributed by atoms with E-state index in [1.807, 2.05) is 0 Å². The number of carbonyl (C=O) groups is 1. The molecule has 0 amide bonds. The first-order valence-corrected chi connectivity index (χ1v) is 6.85. The van der Waals surface area contributed by atoms with E-state index in [1.54, 1.807) is 0 Å². The Bertz CT molecular complexity index is 219. The largest absolute Gasteiger partial charge is 0.299 e. The third kappa shape index (κ3) is 2.43. The van der Waals surface area contributed by atoms with Crippen molar-refractivity contribution in [1.29, 1.82) is 0 Å². The molecule has 0 bridgehead atoms. The highest BCUT2D eigenvalue weighted by atomic mass is 16.1. The molecule has 2 aliphatic rings. The summed E-state index contributed by atoms with van der Waals surface area (Å²) in [6.07, 6.45) is 11.3. The van der Waals surface area contributed by atoms with Crippen molar-refractivity contribution in [2.45, 2.75) is 64.7 Å². The first-order chi connectivity index (χ1) is 7.33. The van der Waals surface area contributed by atoms with E-state index in [0.29, 0.717) is 11.7 Å². The average molecular weight is 208 g/mol. The first-order valence-electron chi connectivity index (χ1n) is 6.85. The number of fused-ring (bicyclic) bond motifs is 1. The van der Waals surface area contributed by atoms with Gasteiger partial charge < -0.3 is 0 Å². The third-order valence-electron chi connectivity index (χ3n) is 4.48. The van der Waals surface area contributed by atoms with Crippen LogP contribution in [0.1, 0.15) is 64.7 Å². The Labute approximate surface area is 93.6 Å². The van der Waals surface area contributed by atoms with E-state index in [9.17, 15) is 4.79 Å². The Kier molecular flexibility index (Phi) is 3.82. The van der Waals surface area contributed by atoms with Crippen LogP contribution in [0.25, 0.3) is 0 Å². The minimum Gasteiger partial charge on any atom is -0.299 e. The maximum absolute atomic E-state index is 12.1. The molecule has 0 radical (unpaired) electrons. The molecule has 2 aliphatic carbocycles. The lowest BCUT2D eigenvalue weighted by molar-refractivity contribution is -0.127. The van der Waals surface area contributed by atoms with Crippen molar-refractivity contribution in [1.82, 2.24) is 0 Å². The van der Waals surface area contributed by atoms with Gasteiger partial charge in [0.15, 0.2) is 0 Å². The fraction of sp³-hybridized carbons (Fsp3) is 0.929. The lowest BCUT2D eigenvalue weighted by Crippen LogP contribution is -2.35. The van der Waals surface area contributed by atoms with Crippen molar-refractivity contribution in [3.05, 3.63) is 0 Å². The van der Waals surface area contributed by atoms with Gasteiger partial charge in [0.1, 0.15) is 5.78 Å². The molecule has 2 saturated carbocycles. The molecule has 0 spiro atoms. The van der Waals surface area contributed by atoms with Crippen LogP contribution in [0.3, 0.4) is 0 Å². The third-order valence-corrected chi connectivity index (χ3v) is 4.48. The second-order valence-electron chi connectivity index (χ2n) is 5.46. The van der Waals surface area contributed by atoms with Crippen molar-refractivity contribution < 1.29 is 4.79 Å². The summed E-state index contributed by atoms with van der Waals surface area (Å²) < 4.78 is 0. The van der Waals surface area contributed by atoms with Gasteiger partial charge in [-0.2, -0.15) is 0 Å². The molecule has 0 aromatic heterocycles. The van der Waals surface area contributed by atoms with Gasteiger partial charge in [-0.25, -0.2) is 0 Å². The van der Waals surface area contributed by atoms with Crippen LogP contribution < -0.4 is 0 Å². The van der Waals surface area contributed by atoms with Gasteiger partial charge in [-0.15, -0.1) is 0 Å². The van der Waals surface area contributed by atoms with Crippen LogP contribution in [0.4, 0.5) is 0 Å². The molecular formula is C14H24O. The maximum Gasteiger partial charge on any atom is 0.136 e. The Morgan fingerprint density at radius 2 is 1.80 bits per heavy atom. The standard InChI is InChI=1S/C14H24O/c1-2-6-14(15)13-10-5-8-11-7-3-4-9-12(11)13/h11-13H,2-10H2,1H3. The summed E-state index contributed by atoms with van der Waals surface area (Å²) in [6.45, 7) is 2.12. The zero-order chi connectivity index (χ0) is 10.7. The number of rotatable bonds is 3. The molecule has 2 fully saturated rings. The summed E-state index contributed by atoms with van der Waals surface area (Å²) in [5, 5.41) is 0. The highest BCUT2D eigenvalue weighted by molar-refractivity contribution is 5.81. The van der Waals surface area contributed by atoms with E-state index in [-0.39, 0.29) is 0 Å². The smallest absolute Gasteiger partial charge is 0.136 e.